The lowest BCUT2D eigenvalue weighted by molar-refractivity contribution is 0.879. The van der Waals surface area contributed by atoms with E-state index < -0.39 is 0 Å². The number of hydrogen-bond acceptors (Lipinski definition) is 2. The zero-order valence-electron chi connectivity index (χ0n) is 14.1. The molecule has 3 rings (SSSR count). The van der Waals surface area contributed by atoms with E-state index in [1.807, 2.05) is 59.5 Å². The molecule has 0 spiro atoms. The maximum absolute atomic E-state index is 5.97. The highest BCUT2D eigenvalue weighted by Gasteiger charge is 2.01. The molecule has 0 fully saturated rings. The first kappa shape index (κ1) is 19.0. The van der Waals surface area contributed by atoms with Gasteiger partial charge in [0.2, 0.25) is 0 Å². The third-order valence-corrected chi connectivity index (χ3v) is 3.70. The molecule has 0 aliphatic carbocycles. The maximum Gasteiger partial charge on any atom is 0.193 e. The van der Waals surface area contributed by atoms with Gasteiger partial charge in [0.1, 0.15) is 0 Å². The second-order valence-corrected chi connectivity index (χ2v) is 5.51. The predicted molar refractivity (Wildman–Crippen MR) is 114 cm³/mol. The van der Waals surface area contributed by atoms with Crippen LogP contribution in [0.15, 0.2) is 72.0 Å². The Morgan fingerprint density at radius 3 is 2.68 bits per heavy atom. The number of nitrogens with two attached hydrogens (primary N) is 1. The first-order valence-corrected chi connectivity index (χ1v) is 7.99. The summed E-state index contributed by atoms with van der Waals surface area (Å²) in [6, 6.07) is 18.1. The first-order valence-electron chi connectivity index (χ1n) is 7.99. The molecule has 2 aromatic carbocycles. The molecule has 0 aliphatic rings. The fraction of sp³-hybridized carbons (Fsp3) is 0.158. The van der Waals surface area contributed by atoms with Gasteiger partial charge in [-0.15, -0.1) is 24.0 Å². The second-order valence-electron chi connectivity index (χ2n) is 5.51. The Labute approximate surface area is 165 Å². The monoisotopic (exact) mass is 447 g/mol. The van der Waals surface area contributed by atoms with Gasteiger partial charge in [0.25, 0.3) is 0 Å². The summed E-state index contributed by atoms with van der Waals surface area (Å²) >= 11 is 0. The zero-order valence-corrected chi connectivity index (χ0v) is 16.4. The fourth-order valence-electron chi connectivity index (χ4n) is 2.40. The highest BCUT2D eigenvalue weighted by molar-refractivity contribution is 14.0. The van der Waals surface area contributed by atoms with Crippen LogP contribution in [-0.2, 0) is 13.0 Å². The Hall–Kier alpha value is -2.35. The number of aromatic nitrogens is 2. The summed E-state index contributed by atoms with van der Waals surface area (Å²) in [5, 5.41) is 7.48. The van der Waals surface area contributed by atoms with E-state index in [-0.39, 0.29) is 24.0 Å². The van der Waals surface area contributed by atoms with Crippen LogP contribution in [0.5, 0.6) is 0 Å². The molecule has 0 atom stereocenters. The Kier molecular flexibility index (Phi) is 7.00. The summed E-state index contributed by atoms with van der Waals surface area (Å²) in [7, 11) is 0. The van der Waals surface area contributed by atoms with Crippen molar-refractivity contribution in [3.63, 3.8) is 0 Å². The number of rotatable bonds is 5. The fourth-order valence-corrected chi connectivity index (χ4v) is 2.40. The van der Waals surface area contributed by atoms with Crippen LogP contribution in [0, 0.1) is 0 Å². The van der Waals surface area contributed by atoms with E-state index in [4.69, 9.17) is 5.73 Å². The van der Waals surface area contributed by atoms with E-state index in [0.29, 0.717) is 12.5 Å². The van der Waals surface area contributed by atoms with Gasteiger partial charge in [-0.25, -0.2) is 9.67 Å². The van der Waals surface area contributed by atoms with Gasteiger partial charge in [-0.1, -0.05) is 37.3 Å². The van der Waals surface area contributed by atoms with Crippen molar-refractivity contribution >= 4 is 35.6 Å². The van der Waals surface area contributed by atoms with Crippen molar-refractivity contribution in [1.82, 2.24) is 9.78 Å². The molecule has 0 saturated heterocycles. The quantitative estimate of drug-likeness (QED) is 0.353. The van der Waals surface area contributed by atoms with Crippen LogP contribution >= 0.6 is 24.0 Å². The Bertz CT molecular complexity index is 827. The zero-order chi connectivity index (χ0) is 16.8. The van der Waals surface area contributed by atoms with Crippen molar-refractivity contribution in [2.75, 3.05) is 5.32 Å². The lowest BCUT2D eigenvalue weighted by Gasteiger charge is -2.06. The van der Waals surface area contributed by atoms with Crippen LogP contribution in [0.3, 0.4) is 0 Å². The molecular weight excluding hydrogens is 425 g/mol. The van der Waals surface area contributed by atoms with Crippen molar-refractivity contribution in [3.05, 3.63) is 78.1 Å². The first-order chi connectivity index (χ1) is 11.7. The van der Waals surface area contributed by atoms with Crippen molar-refractivity contribution in [3.8, 4) is 5.69 Å². The van der Waals surface area contributed by atoms with Crippen LogP contribution in [0.25, 0.3) is 5.69 Å². The smallest absolute Gasteiger partial charge is 0.193 e. The number of aliphatic imine (C=N–C) groups is 1. The molecule has 3 aromatic rings. The van der Waals surface area contributed by atoms with Crippen LogP contribution < -0.4 is 11.1 Å². The lowest BCUT2D eigenvalue weighted by atomic mass is 10.1. The normalized spacial score (nSPS) is 11.0. The molecule has 1 heterocycles. The summed E-state index contributed by atoms with van der Waals surface area (Å²) in [5.41, 5.74) is 10.2. The van der Waals surface area contributed by atoms with Gasteiger partial charge in [-0.3, -0.25) is 0 Å². The molecule has 1 aromatic heterocycles. The second kappa shape index (κ2) is 9.22. The van der Waals surface area contributed by atoms with Gasteiger partial charge in [0.15, 0.2) is 5.96 Å². The molecule has 3 N–H and O–H groups in total. The third kappa shape index (κ3) is 5.32. The van der Waals surface area contributed by atoms with Crippen LogP contribution in [0.1, 0.15) is 18.1 Å². The summed E-state index contributed by atoms with van der Waals surface area (Å²) < 4.78 is 1.83. The minimum atomic E-state index is 0. The van der Waals surface area contributed by atoms with Gasteiger partial charge in [0.05, 0.1) is 18.4 Å². The van der Waals surface area contributed by atoms with E-state index in [2.05, 4.69) is 34.5 Å². The van der Waals surface area contributed by atoms with E-state index >= 15 is 0 Å². The summed E-state index contributed by atoms with van der Waals surface area (Å²) in [6.45, 7) is 2.61. The molecule has 0 unspecified atom stereocenters. The number of anilines is 1. The Morgan fingerprint density at radius 1 is 1.12 bits per heavy atom. The molecule has 0 bridgehead atoms. The lowest BCUT2D eigenvalue weighted by Crippen LogP contribution is -2.22. The number of nitrogens with one attached hydrogen (secondary N) is 1. The Balaban J connectivity index is 0.00000225. The number of nitrogens with zero attached hydrogens (tertiary/aromatic N) is 3. The van der Waals surface area contributed by atoms with Gasteiger partial charge >= 0.3 is 0 Å². The molecule has 25 heavy (non-hydrogen) atoms. The van der Waals surface area contributed by atoms with Crippen molar-refractivity contribution < 1.29 is 0 Å². The van der Waals surface area contributed by atoms with Crippen molar-refractivity contribution in [1.29, 1.82) is 0 Å². The minimum absolute atomic E-state index is 0. The number of aryl methyl sites for hydroxylation is 1. The number of para-hydroxylation sites is 1. The largest absolute Gasteiger partial charge is 0.370 e. The molecule has 6 heteroatoms. The molecule has 130 valence electrons. The minimum Gasteiger partial charge on any atom is -0.370 e. The van der Waals surface area contributed by atoms with Crippen LogP contribution in [0.4, 0.5) is 5.69 Å². The number of benzene rings is 2. The van der Waals surface area contributed by atoms with Gasteiger partial charge in [-0.2, -0.15) is 5.10 Å². The van der Waals surface area contributed by atoms with Crippen molar-refractivity contribution in [2.24, 2.45) is 10.7 Å². The van der Waals surface area contributed by atoms with Crippen molar-refractivity contribution in [2.45, 2.75) is 19.9 Å². The molecule has 0 aliphatic heterocycles. The summed E-state index contributed by atoms with van der Waals surface area (Å²) in [5.74, 6) is 0.399. The van der Waals surface area contributed by atoms with Crippen LogP contribution in [-0.4, -0.2) is 15.7 Å². The molecule has 0 amide bonds. The van der Waals surface area contributed by atoms with E-state index in [1.54, 1.807) is 0 Å². The number of halogens is 1. The molecule has 0 saturated carbocycles. The maximum atomic E-state index is 5.97. The summed E-state index contributed by atoms with van der Waals surface area (Å²) in [6.07, 6.45) is 4.76. The van der Waals surface area contributed by atoms with E-state index in [1.165, 1.54) is 5.56 Å². The topological polar surface area (TPSA) is 68.2 Å². The molecule has 5 nitrogen and oxygen atoms in total. The van der Waals surface area contributed by atoms with Gasteiger partial charge in [-0.05, 0) is 36.2 Å². The molecular formula is C19H22IN5. The van der Waals surface area contributed by atoms with Crippen LogP contribution in [0.2, 0.25) is 0 Å². The van der Waals surface area contributed by atoms with E-state index in [0.717, 1.165) is 23.4 Å². The average molecular weight is 447 g/mol. The number of guanidine groups is 1. The number of hydrogen-bond donors (Lipinski definition) is 2. The third-order valence-electron chi connectivity index (χ3n) is 3.70. The SMILES string of the molecule is CCc1cccc(NC(N)=NCc2cnn(-c3ccccc3)c2)c1.I. The van der Waals surface area contributed by atoms with E-state index in [9.17, 15) is 0 Å². The van der Waals surface area contributed by atoms with Gasteiger partial charge < -0.3 is 11.1 Å². The highest BCUT2D eigenvalue weighted by Crippen LogP contribution is 2.11. The molecule has 0 radical (unpaired) electrons. The summed E-state index contributed by atoms with van der Waals surface area (Å²) in [4.78, 5) is 4.38. The average Bonchev–Trinajstić information content (AvgIpc) is 3.10. The highest BCUT2D eigenvalue weighted by atomic mass is 127. The van der Waals surface area contributed by atoms with Gasteiger partial charge in [0, 0.05) is 17.4 Å². The standard InChI is InChI=1S/C19H21N5.HI/c1-2-15-7-6-8-17(11-15)23-19(20)21-12-16-13-22-24(14-16)18-9-4-3-5-10-18;/h3-11,13-14H,2,12H2,1H3,(H3,20,21,23);1H. The Morgan fingerprint density at radius 2 is 1.92 bits per heavy atom. The predicted octanol–water partition coefficient (Wildman–Crippen LogP) is 3.98.